The van der Waals surface area contributed by atoms with E-state index < -0.39 is 11.8 Å². The van der Waals surface area contributed by atoms with Crippen molar-refractivity contribution >= 4 is 22.6 Å². The van der Waals surface area contributed by atoms with Crippen molar-refractivity contribution in [2.75, 3.05) is 5.32 Å². The van der Waals surface area contributed by atoms with Crippen molar-refractivity contribution in [1.82, 2.24) is 14.5 Å². The first-order chi connectivity index (χ1) is 13.8. The Morgan fingerprint density at radius 1 is 1.21 bits per heavy atom. The van der Waals surface area contributed by atoms with Gasteiger partial charge in [0.15, 0.2) is 0 Å². The molecule has 2 aliphatic rings. The van der Waals surface area contributed by atoms with Crippen molar-refractivity contribution in [3.63, 3.8) is 0 Å². The highest BCUT2D eigenvalue weighted by molar-refractivity contribution is 6.08. The Bertz CT molecular complexity index is 1230. The van der Waals surface area contributed by atoms with E-state index in [9.17, 15) is 18.4 Å². The van der Waals surface area contributed by atoms with Crippen LogP contribution in [0.2, 0.25) is 0 Å². The molecule has 29 heavy (non-hydrogen) atoms. The fraction of sp³-hybridized carbons (Fsp3) is 0.333. The summed E-state index contributed by atoms with van der Waals surface area (Å²) in [6, 6.07) is 5.81. The van der Waals surface area contributed by atoms with Gasteiger partial charge in [-0.25, -0.2) is 18.7 Å². The lowest BCUT2D eigenvalue weighted by Gasteiger charge is -2.15. The van der Waals surface area contributed by atoms with Gasteiger partial charge in [0.25, 0.3) is 17.4 Å². The van der Waals surface area contributed by atoms with Gasteiger partial charge < -0.3 is 9.88 Å². The minimum Gasteiger partial charge on any atom is -0.309 e. The number of benzene rings is 1. The Kier molecular flexibility index (Phi) is 3.65. The second-order valence-corrected chi connectivity index (χ2v) is 7.99. The topological polar surface area (TPSA) is 76.9 Å². The number of hydrogen-bond acceptors (Lipinski definition) is 4. The fourth-order valence-corrected chi connectivity index (χ4v) is 3.98. The maximum atomic E-state index is 14.0. The molecule has 1 aromatic carbocycles. The number of carbonyl (C=O) groups excluding carboxylic acids is 1. The molecule has 6 nitrogen and oxygen atoms in total. The first-order valence-corrected chi connectivity index (χ1v) is 9.48. The van der Waals surface area contributed by atoms with Crippen molar-refractivity contribution in [3.05, 3.63) is 63.8 Å². The number of rotatable bonds is 3. The molecule has 2 heterocycles. The van der Waals surface area contributed by atoms with Gasteiger partial charge in [-0.05, 0) is 37.8 Å². The zero-order chi connectivity index (χ0) is 20.4. The zero-order valence-corrected chi connectivity index (χ0v) is 15.7. The van der Waals surface area contributed by atoms with Gasteiger partial charge in [0.1, 0.15) is 12.1 Å². The molecule has 1 saturated carbocycles. The van der Waals surface area contributed by atoms with Crippen LogP contribution in [0, 0.1) is 0 Å². The second-order valence-electron chi connectivity index (χ2n) is 7.99. The molecule has 1 amide bonds. The van der Waals surface area contributed by atoms with Crippen LogP contribution in [0.15, 0.2) is 41.6 Å². The molecule has 1 fully saturated rings. The largest absolute Gasteiger partial charge is 0.309 e. The smallest absolute Gasteiger partial charge is 0.273 e. The van der Waals surface area contributed by atoms with Crippen molar-refractivity contribution in [3.8, 4) is 0 Å². The molecule has 0 bridgehead atoms. The van der Waals surface area contributed by atoms with E-state index in [1.807, 2.05) is 6.92 Å². The Morgan fingerprint density at radius 2 is 2.00 bits per heavy atom. The van der Waals surface area contributed by atoms with Gasteiger partial charge in [-0.1, -0.05) is 12.1 Å². The highest BCUT2D eigenvalue weighted by atomic mass is 19.3. The Labute approximate surface area is 164 Å². The summed E-state index contributed by atoms with van der Waals surface area (Å²) in [4.78, 5) is 33.6. The third-order valence-electron chi connectivity index (χ3n) is 5.96. The Morgan fingerprint density at radius 3 is 2.76 bits per heavy atom. The Balaban J connectivity index is 1.56. The van der Waals surface area contributed by atoms with Crippen LogP contribution < -0.4 is 10.9 Å². The number of fused-ring (bicyclic) bond motifs is 2. The normalized spacial score (nSPS) is 18.4. The van der Waals surface area contributed by atoms with Crippen LogP contribution in [-0.4, -0.2) is 20.4 Å². The summed E-state index contributed by atoms with van der Waals surface area (Å²) < 4.78 is 29.7. The number of hydrogen-bond donors (Lipinski definition) is 1. The molecule has 0 spiro atoms. The van der Waals surface area contributed by atoms with Gasteiger partial charge >= 0.3 is 0 Å². The predicted molar refractivity (Wildman–Crippen MR) is 103 cm³/mol. The molecule has 1 N–H and O–H groups in total. The number of pyridine rings is 1. The molecule has 0 saturated heterocycles. The molecule has 0 atom stereocenters. The zero-order valence-electron chi connectivity index (χ0n) is 15.7. The number of carbonyl (C=O) groups is 1. The Hall–Kier alpha value is -3.16. The van der Waals surface area contributed by atoms with E-state index in [1.54, 1.807) is 16.8 Å². The van der Waals surface area contributed by atoms with Crippen LogP contribution >= 0.6 is 0 Å². The van der Waals surface area contributed by atoms with E-state index in [1.165, 1.54) is 24.5 Å². The average molecular weight is 396 g/mol. The van der Waals surface area contributed by atoms with Crippen LogP contribution in [0.3, 0.4) is 0 Å². The fourth-order valence-electron chi connectivity index (χ4n) is 3.98. The number of nitrogens with one attached hydrogen (secondary N) is 1. The summed E-state index contributed by atoms with van der Waals surface area (Å²) in [7, 11) is 0. The summed E-state index contributed by atoms with van der Waals surface area (Å²) in [5.74, 6) is -3.17. The number of aromatic nitrogens is 3. The summed E-state index contributed by atoms with van der Waals surface area (Å²) in [5, 5.41) is 3.26. The minimum absolute atomic E-state index is 0.0896. The molecule has 3 aromatic rings. The third-order valence-corrected chi connectivity index (χ3v) is 5.96. The molecule has 0 aliphatic heterocycles. The highest BCUT2D eigenvalue weighted by Crippen LogP contribution is 2.43. The van der Waals surface area contributed by atoms with Gasteiger partial charge in [-0.2, -0.15) is 0 Å². The molecule has 8 heteroatoms. The van der Waals surface area contributed by atoms with Crippen LogP contribution in [0.4, 0.5) is 14.6 Å². The van der Waals surface area contributed by atoms with Crippen molar-refractivity contribution < 1.29 is 13.6 Å². The lowest BCUT2D eigenvalue weighted by molar-refractivity contribution is -0.00184. The molecule has 2 aromatic heterocycles. The van der Waals surface area contributed by atoms with Gasteiger partial charge in [0.05, 0.1) is 10.9 Å². The van der Waals surface area contributed by atoms with Crippen LogP contribution in [-0.2, 0) is 17.9 Å². The summed E-state index contributed by atoms with van der Waals surface area (Å²) in [6.45, 7) is 2.00. The molecular formula is C21H18F2N4O2. The first kappa shape index (κ1) is 17.9. The maximum absolute atomic E-state index is 14.0. The molecular weight excluding hydrogens is 378 g/mol. The third kappa shape index (κ3) is 2.82. The SMILES string of the molecule is CC1(n2cc3c(NC(=O)c4cccc5c4CCC5(F)F)ncnc3cc2=O)CC1. The van der Waals surface area contributed by atoms with Gasteiger partial charge in [-0.3, -0.25) is 9.59 Å². The number of alkyl halides is 2. The van der Waals surface area contributed by atoms with Gasteiger partial charge in [0, 0.05) is 35.3 Å². The number of nitrogens with zero attached hydrogens (tertiary/aromatic N) is 3. The highest BCUT2D eigenvalue weighted by Gasteiger charge is 2.41. The number of amides is 1. The van der Waals surface area contributed by atoms with Gasteiger partial charge in [-0.15, -0.1) is 0 Å². The lowest BCUT2D eigenvalue weighted by Crippen LogP contribution is -2.27. The summed E-state index contributed by atoms with van der Waals surface area (Å²) in [6.07, 6.45) is 4.59. The first-order valence-electron chi connectivity index (χ1n) is 9.48. The monoisotopic (exact) mass is 396 g/mol. The van der Waals surface area contributed by atoms with E-state index in [-0.39, 0.29) is 40.9 Å². The molecule has 2 aliphatic carbocycles. The van der Waals surface area contributed by atoms with Crippen molar-refractivity contribution in [2.45, 2.75) is 44.1 Å². The summed E-state index contributed by atoms with van der Waals surface area (Å²) in [5.41, 5.74) is 0.536. The summed E-state index contributed by atoms with van der Waals surface area (Å²) >= 11 is 0. The second kappa shape index (κ2) is 5.92. The maximum Gasteiger partial charge on any atom is 0.273 e. The van der Waals surface area contributed by atoms with Crippen molar-refractivity contribution in [1.29, 1.82) is 0 Å². The van der Waals surface area contributed by atoms with E-state index in [0.717, 1.165) is 12.8 Å². The molecule has 0 unspecified atom stereocenters. The van der Waals surface area contributed by atoms with Crippen LogP contribution in [0.1, 0.15) is 47.7 Å². The predicted octanol–water partition coefficient (Wildman–Crippen LogP) is 3.59. The van der Waals surface area contributed by atoms with Crippen LogP contribution in [0.25, 0.3) is 10.9 Å². The van der Waals surface area contributed by atoms with E-state index in [4.69, 9.17) is 0 Å². The minimum atomic E-state index is -2.91. The lowest BCUT2D eigenvalue weighted by atomic mass is 10.0. The molecule has 0 radical (unpaired) electrons. The quantitative estimate of drug-likeness (QED) is 0.734. The number of anilines is 1. The van der Waals surface area contributed by atoms with Gasteiger partial charge in [0.2, 0.25) is 0 Å². The average Bonchev–Trinajstić information content (AvgIpc) is 3.35. The molecule has 148 valence electrons. The standard InChI is InChI=1S/C21H18F2N4O2/c1-20(7-8-20)27-10-14-16(9-17(27)28)24-11-25-18(14)26-19(29)13-3-2-4-15-12(13)5-6-21(15,22)23/h2-4,9-11H,5-8H2,1H3,(H,24,25,26,29). The number of halogens is 2. The molecule has 5 rings (SSSR count). The van der Waals surface area contributed by atoms with Crippen LogP contribution in [0.5, 0.6) is 0 Å². The van der Waals surface area contributed by atoms with E-state index in [2.05, 4.69) is 15.3 Å². The van der Waals surface area contributed by atoms with E-state index >= 15 is 0 Å². The van der Waals surface area contributed by atoms with Crippen molar-refractivity contribution in [2.24, 2.45) is 0 Å². The van der Waals surface area contributed by atoms with E-state index in [0.29, 0.717) is 16.5 Å².